The highest BCUT2D eigenvalue weighted by atomic mass is 32.2. The van der Waals surface area contributed by atoms with E-state index in [0.717, 1.165) is 17.0 Å². The quantitative estimate of drug-likeness (QED) is 0.594. The summed E-state index contributed by atoms with van der Waals surface area (Å²) in [6.07, 6.45) is 0. The Morgan fingerprint density at radius 2 is 1.88 bits per heavy atom. The predicted octanol–water partition coefficient (Wildman–Crippen LogP) is 4.06. The minimum atomic E-state index is -0.534. The van der Waals surface area contributed by atoms with E-state index in [-0.39, 0.29) is 11.7 Å². The van der Waals surface area contributed by atoms with Gasteiger partial charge >= 0.3 is 5.97 Å². The highest BCUT2D eigenvalue weighted by Gasteiger charge is 2.17. The first-order chi connectivity index (χ1) is 11.8. The molecule has 2 aromatic rings. The Labute approximate surface area is 152 Å². The van der Waals surface area contributed by atoms with Crippen molar-refractivity contribution in [3.05, 3.63) is 42.0 Å². The maximum absolute atomic E-state index is 11.9. The molecule has 0 amide bonds. The molecule has 0 N–H and O–H groups in total. The summed E-state index contributed by atoms with van der Waals surface area (Å²) < 4.78 is 10.4. The number of aromatic nitrogens is 1. The number of methoxy groups -OCH3 is 1. The molecule has 5 nitrogen and oxygen atoms in total. The number of carbonyl (C=O) groups excluding carboxylic acids is 1. The summed E-state index contributed by atoms with van der Waals surface area (Å²) in [6, 6.07) is 13.1. The van der Waals surface area contributed by atoms with Crippen molar-refractivity contribution in [3.8, 4) is 23.1 Å². The second-order valence-corrected chi connectivity index (χ2v) is 7.23. The average molecular weight is 356 g/mol. The minimum absolute atomic E-state index is 0.102. The number of ether oxygens (including phenoxy) is 2. The largest absolute Gasteiger partial charge is 0.497 e. The van der Waals surface area contributed by atoms with Gasteiger partial charge in [-0.05, 0) is 57.2 Å². The molecule has 0 saturated heterocycles. The lowest BCUT2D eigenvalue weighted by Gasteiger charge is -2.19. The van der Waals surface area contributed by atoms with Crippen molar-refractivity contribution in [3.63, 3.8) is 0 Å². The van der Waals surface area contributed by atoms with E-state index in [9.17, 15) is 10.1 Å². The highest BCUT2D eigenvalue weighted by Crippen LogP contribution is 2.27. The van der Waals surface area contributed by atoms with E-state index in [1.54, 1.807) is 19.2 Å². The maximum Gasteiger partial charge on any atom is 0.316 e. The van der Waals surface area contributed by atoms with Gasteiger partial charge in [-0.15, -0.1) is 0 Å². The Morgan fingerprint density at radius 3 is 2.44 bits per heavy atom. The number of rotatable bonds is 5. The van der Waals surface area contributed by atoms with Crippen LogP contribution in [-0.2, 0) is 9.53 Å². The van der Waals surface area contributed by atoms with Gasteiger partial charge in [0, 0.05) is 5.56 Å². The lowest BCUT2D eigenvalue weighted by Crippen LogP contribution is -2.24. The molecule has 0 unspecified atom stereocenters. The first-order valence-corrected chi connectivity index (χ1v) is 8.71. The van der Waals surface area contributed by atoms with E-state index in [1.807, 2.05) is 45.0 Å². The summed E-state index contributed by atoms with van der Waals surface area (Å²) in [5.41, 5.74) is 1.54. The lowest BCUT2D eigenvalue weighted by atomic mass is 10.1. The second kappa shape index (κ2) is 8.04. The van der Waals surface area contributed by atoms with Gasteiger partial charge in [0.1, 0.15) is 22.4 Å². The summed E-state index contributed by atoms with van der Waals surface area (Å²) in [5, 5.41) is 9.78. The second-order valence-electron chi connectivity index (χ2n) is 6.26. The fourth-order valence-corrected chi connectivity index (χ4v) is 2.80. The van der Waals surface area contributed by atoms with Crippen LogP contribution in [-0.4, -0.2) is 29.4 Å². The molecule has 0 fully saturated rings. The zero-order chi connectivity index (χ0) is 18.4. The molecule has 1 heterocycles. The highest BCUT2D eigenvalue weighted by molar-refractivity contribution is 7.99. The standard InChI is InChI=1S/C19H20N2O3S/c1-19(2,3)24-17(22)12-25-18-14(11-20)7-10-16(21-18)13-5-8-15(23-4)9-6-13/h5-10H,12H2,1-4H3. The molecule has 0 atom stereocenters. The monoisotopic (exact) mass is 356 g/mol. The smallest absolute Gasteiger partial charge is 0.316 e. The summed E-state index contributed by atoms with van der Waals surface area (Å²) >= 11 is 1.20. The van der Waals surface area contributed by atoms with Crippen LogP contribution in [0.3, 0.4) is 0 Å². The molecular weight excluding hydrogens is 336 g/mol. The zero-order valence-electron chi connectivity index (χ0n) is 14.7. The lowest BCUT2D eigenvalue weighted by molar-refractivity contribution is -0.151. The average Bonchev–Trinajstić information content (AvgIpc) is 2.58. The van der Waals surface area contributed by atoms with Crippen LogP contribution in [0.1, 0.15) is 26.3 Å². The molecule has 0 saturated carbocycles. The molecular formula is C19H20N2O3S. The van der Waals surface area contributed by atoms with Crippen molar-refractivity contribution in [1.29, 1.82) is 5.26 Å². The molecule has 0 bridgehead atoms. The Bertz CT molecular complexity index is 790. The summed E-state index contributed by atoms with van der Waals surface area (Å²) in [4.78, 5) is 16.4. The molecule has 130 valence electrons. The van der Waals surface area contributed by atoms with Gasteiger partial charge in [-0.2, -0.15) is 5.26 Å². The normalized spacial score (nSPS) is 10.8. The first kappa shape index (κ1) is 18.8. The number of benzene rings is 1. The van der Waals surface area contributed by atoms with E-state index >= 15 is 0 Å². The topological polar surface area (TPSA) is 72.2 Å². The van der Waals surface area contributed by atoms with Crippen LogP contribution < -0.4 is 4.74 Å². The fourth-order valence-electron chi connectivity index (χ4n) is 2.06. The number of hydrogen-bond acceptors (Lipinski definition) is 6. The van der Waals surface area contributed by atoms with Gasteiger partial charge in [0.15, 0.2) is 0 Å². The Balaban J connectivity index is 2.19. The predicted molar refractivity (Wildman–Crippen MR) is 97.5 cm³/mol. The maximum atomic E-state index is 11.9. The van der Waals surface area contributed by atoms with Crippen molar-refractivity contribution >= 4 is 17.7 Å². The van der Waals surface area contributed by atoms with Gasteiger partial charge in [-0.3, -0.25) is 4.79 Å². The van der Waals surface area contributed by atoms with Crippen molar-refractivity contribution in [1.82, 2.24) is 4.98 Å². The molecule has 2 rings (SSSR count). The number of thioether (sulfide) groups is 1. The third kappa shape index (κ3) is 5.50. The van der Waals surface area contributed by atoms with E-state index in [0.29, 0.717) is 10.6 Å². The summed E-state index contributed by atoms with van der Waals surface area (Å²) in [7, 11) is 1.61. The van der Waals surface area contributed by atoms with Gasteiger partial charge in [-0.1, -0.05) is 11.8 Å². The number of nitriles is 1. The summed E-state index contributed by atoms with van der Waals surface area (Å²) in [6.45, 7) is 5.45. The first-order valence-electron chi connectivity index (χ1n) is 7.72. The Kier molecular flexibility index (Phi) is 6.05. The van der Waals surface area contributed by atoms with Gasteiger partial charge in [-0.25, -0.2) is 4.98 Å². The minimum Gasteiger partial charge on any atom is -0.497 e. The number of pyridine rings is 1. The van der Waals surface area contributed by atoms with Crippen LogP contribution in [0.5, 0.6) is 5.75 Å². The number of carbonyl (C=O) groups is 1. The molecule has 1 aromatic heterocycles. The van der Waals surface area contributed by atoms with Crippen molar-refractivity contribution in [2.45, 2.75) is 31.4 Å². The number of nitrogens with zero attached hydrogens (tertiary/aromatic N) is 2. The fraction of sp³-hybridized carbons (Fsp3) is 0.316. The van der Waals surface area contributed by atoms with Crippen LogP contribution in [0.25, 0.3) is 11.3 Å². The van der Waals surface area contributed by atoms with Gasteiger partial charge < -0.3 is 9.47 Å². The molecule has 1 aromatic carbocycles. The molecule has 0 radical (unpaired) electrons. The van der Waals surface area contributed by atoms with Crippen LogP contribution in [0.15, 0.2) is 41.4 Å². The van der Waals surface area contributed by atoms with E-state index < -0.39 is 5.60 Å². The third-order valence-electron chi connectivity index (χ3n) is 3.11. The van der Waals surface area contributed by atoms with Crippen LogP contribution in [0.2, 0.25) is 0 Å². The SMILES string of the molecule is COc1ccc(-c2ccc(C#N)c(SCC(=O)OC(C)(C)C)n2)cc1. The van der Waals surface area contributed by atoms with Gasteiger partial charge in [0.25, 0.3) is 0 Å². The number of hydrogen-bond donors (Lipinski definition) is 0. The zero-order valence-corrected chi connectivity index (χ0v) is 15.5. The van der Waals surface area contributed by atoms with Crippen LogP contribution in [0.4, 0.5) is 0 Å². The van der Waals surface area contributed by atoms with Crippen LogP contribution >= 0.6 is 11.8 Å². The molecule has 0 aliphatic heterocycles. The Hall–Kier alpha value is -2.52. The molecule has 0 aliphatic carbocycles. The van der Waals surface area contributed by atoms with Crippen molar-refractivity contribution in [2.24, 2.45) is 0 Å². The van der Waals surface area contributed by atoms with Gasteiger partial charge in [0.05, 0.1) is 24.1 Å². The van der Waals surface area contributed by atoms with E-state index in [2.05, 4.69) is 11.1 Å². The Morgan fingerprint density at radius 1 is 1.20 bits per heavy atom. The van der Waals surface area contributed by atoms with E-state index in [1.165, 1.54) is 11.8 Å². The van der Waals surface area contributed by atoms with Crippen molar-refractivity contribution < 1.29 is 14.3 Å². The summed E-state index contributed by atoms with van der Waals surface area (Å²) in [5.74, 6) is 0.528. The van der Waals surface area contributed by atoms with Crippen LogP contribution in [0, 0.1) is 11.3 Å². The molecule has 25 heavy (non-hydrogen) atoms. The third-order valence-corrected chi connectivity index (χ3v) is 4.08. The molecule has 0 aliphatic rings. The van der Waals surface area contributed by atoms with Crippen molar-refractivity contribution in [2.75, 3.05) is 12.9 Å². The number of esters is 1. The molecule has 6 heteroatoms. The van der Waals surface area contributed by atoms with Gasteiger partial charge in [0.2, 0.25) is 0 Å². The van der Waals surface area contributed by atoms with E-state index in [4.69, 9.17) is 9.47 Å². The molecule has 0 spiro atoms.